The van der Waals surface area contributed by atoms with Gasteiger partial charge in [-0.15, -0.1) is 11.6 Å². The average molecular weight is 383 g/mol. The number of carbonyl (C=O) groups is 1. The number of aliphatic hydroxyl groups is 1. The molecular formula is C16H9ClF6O2. The monoisotopic (exact) mass is 382 g/mol. The van der Waals surface area contributed by atoms with Crippen LogP contribution < -0.4 is 0 Å². The van der Waals surface area contributed by atoms with Crippen molar-refractivity contribution in [1.29, 1.82) is 0 Å². The molecule has 0 aliphatic carbocycles. The van der Waals surface area contributed by atoms with Crippen molar-refractivity contribution < 1.29 is 36.2 Å². The van der Waals surface area contributed by atoms with Gasteiger partial charge in [0.25, 0.3) is 0 Å². The van der Waals surface area contributed by atoms with Gasteiger partial charge in [-0.2, -0.15) is 8.78 Å². The van der Waals surface area contributed by atoms with E-state index in [1.54, 1.807) is 0 Å². The minimum absolute atomic E-state index is 0.196. The maximum absolute atomic E-state index is 14.6. The zero-order valence-corrected chi connectivity index (χ0v) is 12.9. The quantitative estimate of drug-likeness (QED) is 0.478. The predicted molar refractivity (Wildman–Crippen MR) is 76.6 cm³/mol. The second-order valence-corrected chi connectivity index (χ2v) is 5.41. The molecule has 0 saturated carbocycles. The third-order valence-corrected chi connectivity index (χ3v) is 3.94. The SMILES string of the molecule is O=C(c1ccc(F)cc1F)C(F)(F)C(O)(CCl)c1ccc(F)cc1F. The number of Topliss-reactive ketones (excluding diaryl/α,β-unsaturated/α-hetero) is 1. The van der Waals surface area contributed by atoms with Gasteiger partial charge in [0.2, 0.25) is 5.78 Å². The highest BCUT2D eigenvalue weighted by molar-refractivity contribution is 6.19. The summed E-state index contributed by atoms with van der Waals surface area (Å²) in [4.78, 5) is 12.0. The number of rotatable bonds is 5. The molecule has 25 heavy (non-hydrogen) atoms. The molecule has 2 nitrogen and oxygen atoms in total. The Balaban J connectivity index is 2.58. The molecule has 2 aromatic rings. The van der Waals surface area contributed by atoms with Crippen molar-refractivity contribution in [3.05, 3.63) is 70.8 Å². The van der Waals surface area contributed by atoms with E-state index >= 15 is 0 Å². The van der Waals surface area contributed by atoms with E-state index in [9.17, 15) is 36.2 Å². The number of benzene rings is 2. The smallest absolute Gasteiger partial charge is 0.343 e. The maximum atomic E-state index is 14.6. The normalized spacial score (nSPS) is 14.2. The Morgan fingerprint density at radius 3 is 1.96 bits per heavy atom. The number of alkyl halides is 3. The van der Waals surface area contributed by atoms with Crippen molar-refractivity contribution in [3.63, 3.8) is 0 Å². The van der Waals surface area contributed by atoms with E-state index in [-0.39, 0.29) is 12.1 Å². The second kappa shape index (κ2) is 6.68. The van der Waals surface area contributed by atoms with Crippen LogP contribution in [0, 0.1) is 23.3 Å². The molecule has 0 aliphatic heterocycles. The minimum Gasteiger partial charge on any atom is -0.377 e. The summed E-state index contributed by atoms with van der Waals surface area (Å²) in [6.45, 7) is 0. The summed E-state index contributed by atoms with van der Waals surface area (Å²) in [5.74, 6) is -13.8. The van der Waals surface area contributed by atoms with E-state index in [2.05, 4.69) is 0 Å². The lowest BCUT2D eigenvalue weighted by Crippen LogP contribution is -2.53. The van der Waals surface area contributed by atoms with Gasteiger partial charge in [-0.3, -0.25) is 4.79 Å². The molecule has 2 aromatic carbocycles. The highest BCUT2D eigenvalue weighted by atomic mass is 35.5. The molecule has 0 amide bonds. The molecule has 0 aliphatic rings. The van der Waals surface area contributed by atoms with Crippen LogP contribution in [0.25, 0.3) is 0 Å². The van der Waals surface area contributed by atoms with Crippen molar-refractivity contribution in [3.8, 4) is 0 Å². The Labute approximate surface area is 142 Å². The Kier molecular flexibility index (Phi) is 5.15. The van der Waals surface area contributed by atoms with Crippen LogP contribution in [0.3, 0.4) is 0 Å². The number of hydrogen-bond donors (Lipinski definition) is 1. The van der Waals surface area contributed by atoms with Crippen LogP contribution in [-0.4, -0.2) is 22.7 Å². The molecule has 0 aromatic heterocycles. The van der Waals surface area contributed by atoms with E-state index < -0.39 is 57.6 Å². The van der Waals surface area contributed by atoms with Crippen molar-refractivity contribution in [1.82, 2.24) is 0 Å². The van der Waals surface area contributed by atoms with Gasteiger partial charge in [0.05, 0.1) is 11.4 Å². The van der Waals surface area contributed by atoms with Crippen molar-refractivity contribution in [2.24, 2.45) is 0 Å². The maximum Gasteiger partial charge on any atom is 0.343 e. The van der Waals surface area contributed by atoms with E-state index in [1.165, 1.54) is 0 Å². The van der Waals surface area contributed by atoms with Gasteiger partial charge < -0.3 is 5.11 Å². The van der Waals surface area contributed by atoms with Crippen LogP contribution in [0.2, 0.25) is 0 Å². The van der Waals surface area contributed by atoms with Gasteiger partial charge in [-0.05, 0) is 18.2 Å². The van der Waals surface area contributed by atoms with E-state index in [0.29, 0.717) is 24.3 Å². The fourth-order valence-electron chi connectivity index (χ4n) is 2.18. The van der Waals surface area contributed by atoms with Gasteiger partial charge in [0, 0.05) is 17.7 Å². The molecule has 0 saturated heterocycles. The molecule has 1 atom stereocenters. The van der Waals surface area contributed by atoms with Gasteiger partial charge >= 0.3 is 5.92 Å². The fraction of sp³-hybridized carbons (Fsp3) is 0.188. The summed E-state index contributed by atoms with van der Waals surface area (Å²) in [6, 6.07) is 2.50. The zero-order valence-electron chi connectivity index (χ0n) is 12.2. The number of hydrogen-bond acceptors (Lipinski definition) is 2. The fourth-order valence-corrected chi connectivity index (χ4v) is 2.49. The molecule has 134 valence electrons. The first-order valence-electron chi connectivity index (χ1n) is 6.66. The summed E-state index contributed by atoms with van der Waals surface area (Å²) in [6.07, 6.45) is 0. The van der Waals surface area contributed by atoms with Crippen LogP contribution in [0.15, 0.2) is 36.4 Å². The van der Waals surface area contributed by atoms with Crippen molar-refractivity contribution in [2.45, 2.75) is 11.5 Å². The van der Waals surface area contributed by atoms with Crippen LogP contribution in [0.5, 0.6) is 0 Å². The molecular weight excluding hydrogens is 374 g/mol. The number of halogens is 7. The van der Waals surface area contributed by atoms with Crippen LogP contribution in [0.1, 0.15) is 15.9 Å². The number of carbonyl (C=O) groups excluding carboxylic acids is 1. The Morgan fingerprint density at radius 1 is 0.960 bits per heavy atom. The largest absolute Gasteiger partial charge is 0.377 e. The third kappa shape index (κ3) is 3.23. The van der Waals surface area contributed by atoms with Gasteiger partial charge in [-0.25, -0.2) is 17.6 Å². The van der Waals surface area contributed by atoms with Crippen molar-refractivity contribution in [2.75, 3.05) is 5.88 Å². The van der Waals surface area contributed by atoms with E-state index in [1.807, 2.05) is 0 Å². The summed E-state index contributed by atoms with van der Waals surface area (Å²) in [7, 11) is 0. The third-order valence-electron chi connectivity index (χ3n) is 3.55. The van der Waals surface area contributed by atoms with E-state index in [4.69, 9.17) is 11.6 Å². The lowest BCUT2D eigenvalue weighted by molar-refractivity contribution is -0.144. The standard InChI is InChI=1S/C16H9ClF6O2/c17-7-15(25,11-4-2-9(19)6-13(11)21)16(22,23)14(24)10-3-1-8(18)5-12(10)20/h1-6,25H,7H2. The molecule has 0 bridgehead atoms. The molecule has 0 radical (unpaired) electrons. The lowest BCUT2D eigenvalue weighted by atomic mass is 9.84. The van der Waals surface area contributed by atoms with Crippen LogP contribution in [0.4, 0.5) is 26.3 Å². The van der Waals surface area contributed by atoms with Gasteiger partial charge in [0.15, 0.2) is 5.60 Å². The predicted octanol–water partition coefficient (Wildman–Crippen LogP) is 4.19. The summed E-state index contributed by atoms with van der Waals surface area (Å²) in [5.41, 5.74) is -5.97. The molecule has 0 spiro atoms. The molecule has 2 rings (SSSR count). The topological polar surface area (TPSA) is 37.3 Å². The molecule has 0 fully saturated rings. The van der Waals surface area contributed by atoms with Gasteiger partial charge in [0.1, 0.15) is 23.3 Å². The van der Waals surface area contributed by atoms with Crippen molar-refractivity contribution >= 4 is 17.4 Å². The molecule has 9 heteroatoms. The van der Waals surface area contributed by atoms with E-state index in [0.717, 1.165) is 0 Å². The van der Waals surface area contributed by atoms with Crippen LogP contribution >= 0.6 is 11.6 Å². The molecule has 1 unspecified atom stereocenters. The Hall–Kier alpha value is -2.06. The molecule has 0 heterocycles. The first-order valence-corrected chi connectivity index (χ1v) is 7.19. The lowest BCUT2D eigenvalue weighted by Gasteiger charge is -2.33. The Bertz CT molecular complexity index is 826. The molecule has 1 N–H and O–H groups in total. The summed E-state index contributed by atoms with van der Waals surface area (Å²) in [5, 5.41) is 10.2. The second-order valence-electron chi connectivity index (χ2n) is 5.15. The Morgan fingerprint density at radius 2 is 1.48 bits per heavy atom. The first kappa shape index (κ1) is 19.3. The summed E-state index contributed by atoms with van der Waals surface area (Å²) < 4.78 is 82.5. The highest BCUT2D eigenvalue weighted by Gasteiger charge is 2.60. The van der Waals surface area contributed by atoms with Gasteiger partial charge in [-0.1, -0.05) is 6.07 Å². The summed E-state index contributed by atoms with van der Waals surface area (Å²) >= 11 is 5.34. The first-order chi connectivity index (χ1) is 11.5. The highest BCUT2D eigenvalue weighted by Crippen LogP contribution is 2.42. The number of ketones is 1. The van der Waals surface area contributed by atoms with Crippen LogP contribution in [-0.2, 0) is 5.60 Å². The minimum atomic E-state index is -4.80. The average Bonchev–Trinajstić information content (AvgIpc) is 2.53. The zero-order chi connectivity index (χ0) is 19.0.